The molecule has 0 aromatic carbocycles. The first-order valence-electron chi connectivity index (χ1n) is 4.16. The maximum Gasteiger partial charge on any atom is 0.344 e. The fraction of sp³-hybridized carbons (Fsp3) is 1.00. The van der Waals surface area contributed by atoms with E-state index in [9.17, 15) is 0 Å². The van der Waals surface area contributed by atoms with E-state index in [-0.39, 0.29) is 0 Å². The molecule has 0 aromatic heterocycles. The Kier molecular flexibility index (Phi) is 1.32. The highest BCUT2D eigenvalue weighted by atomic mass is 35.8. The summed E-state index contributed by atoms with van der Waals surface area (Å²) < 4.78 is 0. The van der Waals surface area contributed by atoms with Crippen LogP contribution in [0, 0.1) is 23.7 Å². The van der Waals surface area contributed by atoms with Crippen molar-refractivity contribution in [1.29, 1.82) is 0 Å². The smallest absolute Gasteiger partial charge is 0.126 e. The van der Waals surface area contributed by atoms with Crippen molar-refractivity contribution in [3.8, 4) is 0 Å². The summed E-state index contributed by atoms with van der Waals surface area (Å²) in [4.78, 5) is 0. The molecule has 5 atom stereocenters. The highest BCUT2D eigenvalue weighted by Crippen LogP contribution is 2.78. The molecule has 3 unspecified atom stereocenters. The van der Waals surface area contributed by atoms with Crippen molar-refractivity contribution in [3.63, 3.8) is 0 Å². The Morgan fingerprint density at radius 3 is 1.73 bits per heavy atom. The van der Waals surface area contributed by atoms with E-state index < -0.39 is 6.00 Å². The maximum absolute atomic E-state index is 6.05. The number of hydrogen-bond acceptors (Lipinski definition) is 0. The van der Waals surface area contributed by atoms with Crippen LogP contribution in [0.1, 0.15) is 12.8 Å². The Balaban J connectivity index is 1.92. The van der Waals surface area contributed by atoms with Crippen LogP contribution in [0.2, 0.25) is 5.54 Å². The van der Waals surface area contributed by atoms with Crippen molar-refractivity contribution in [2.45, 2.75) is 18.4 Å². The van der Waals surface area contributed by atoms with E-state index >= 15 is 0 Å². The first-order chi connectivity index (χ1) is 5.09. The number of hydrogen-bond donors (Lipinski definition) is 0. The predicted octanol–water partition coefficient (Wildman–Crippen LogP) is 3.30. The minimum Gasteiger partial charge on any atom is -0.126 e. The van der Waals surface area contributed by atoms with Crippen LogP contribution in [0.3, 0.4) is 0 Å². The van der Waals surface area contributed by atoms with Crippen molar-refractivity contribution in [2.75, 3.05) is 0 Å². The van der Waals surface area contributed by atoms with Gasteiger partial charge in [-0.3, -0.25) is 0 Å². The summed E-state index contributed by atoms with van der Waals surface area (Å²) in [5, 5.41) is 0. The molecule has 0 aliphatic heterocycles. The van der Waals surface area contributed by atoms with Crippen LogP contribution in [0.5, 0.6) is 0 Å². The molecule has 0 aromatic rings. The van der Waals surface area contributed by atoms with Gasteiger partial charge in [0.15, 0.2) is 0 Å². The van der Waals surface area contributed by atoms with Crippen LogP contribution in [-0.4, -0.2) is 6.00 Å². The second kappa shape index (κ2) is 1.94. The van der Waals surface area contributed by atoms with Crippen molar-refractivity contribution in [1.82, 2.24) is 0 Å². The second-order valence-corrected chi connectivity index (χ2v) is 13.1. The van der Waals surface area contributed by atoms with Crippen LogP contribution < -0.4 is 0 Å². The lowest BCUT2D eigenvalue weighted by molar-refractivity contribution is 0.599. The zero-order chi connectivity index (χ0) is 7.80. The average Bonchev–Trinajstić information content (AvgIpc) is 2.35. The number of rotatable bonds is 1. The van der Waals surface area contributed by atoms with E-state index in [4.69, 9.17) is 33.2 Å². The molecule has 0 spiro atoms. The molecular formula is C7H9Cl3Si. The first-order valence-corrected chi connectivity index (χ1v) is 9.27. The van der Waals surface area contributed by atoms with E-state index in [1.54, 1.807) is 0 Å². The monoisotopic (exact) mass is 226 g/mol. The molecule has 0 heterocycles. The van der Waals surface area contributed by atoms with Crippen LogP contribution in [0.4, 0.5) is 0 Å². The van der Waals surface area contributed by atoms with Gasteiger partial charge in [0.05, 0.1) is 0 Å². The van der Waals surface area contributed by atoms with Crippen LogP contribution in [0.15, 0.2) is 0 Å². The largest absolute Gasteiger partial charge is 0.344 e. The minimum absolute atomic E-state index is 0.530. The highest BCUT2D eigenvalue weighted by molar-refractivity contribution is 7.65. The molecule has 0 N–H and O–H groups in total. The number of halogens is 3. The van der Waals surface area contributed by atoms with Gasteiger partial charge in [-0.25, -0.2) is 0 Å². The van der Waals surface area contributed by atoms with E-state index in [0.717, 1.165) is 23.7 Å². The average molecular weight is 228 g/mol. The Morgan fingerprint density at radius 1 is 1.00 bits per heavy atom. The van der Waals surface area contributed by atoms with Gasteiger partial charge in [0.25, 0.3) is 0 Å². The molecule has 4 aliphatic rings. The Morgan fingerprint density at radius 2 is 1.55 bits per heavy atom. The maximum atomic E-state index is 6.05. The molecule has 62 valence electrons. The van der Waals surface area contributed by atoms with E-state index in [0.29, 0.717) is 5.54 Å². The summed E-state index contributed by atoms with van der Waals surface area (Å²) in [6, 6.07) is -2.35. The predicted molar refractivity (Wildman–Crippen MR) is 50.3 cm³/mol. The molecule has 0 saturated heterocycles. The Hall–Kier alpha value is 1.09. The SMILES string of the molecule is Cl[Si](Cl)(Cl)[C@H]1C2CC3C1[C@H]3C2. The van der Waals surface area contributed by atoms with E-state index in [1.807, 2.05) is 0 Å². The van der Waals surface area contributed by atoms with Gasteiger partial charge in [-0.15, -0.1) is 33.2 Å². The van der Waals surface area contributed by atoms with Crippen LogP contribution >= 0.6 is 33.2 Å². The van der Waals surface area contributed by atoms with Gasteiger partial charge in [0.2, 0.25) is 0 Å². The van der Waals surface area contributed by atoms with Gasteiger partial charge >= 0.3 is 6.00 Å². The lowest BCUT2D eigenvalue weighted by Gasteiger charge is -2.20. The molecule has 4 rings (SSSR count). The molecule has 4 aliphatic carbocycles. The second-order valence-electron chi connectivity index (χ2n) is 4.20. The van der Waals surface area contributed by atoms with Gasteiger partial charge in [0.1, 0.15) is 0 Å². The molecule has 0 amide bonds. The minimum atomic E-state index is -2.35. The van der Waals surface area contributed by atoms with E-state index in [1.165, 1.54) is 12.8 Å². The topological polar surface area (TPSA) is 0 Å². The highest BCUT2D eigenvalue weighted by Gasteiger charge is 2.72. The van der Waals surface area contributed by atoms with E-state index in [2.05, 4.69) is 0 Å². The van der Waals surface area contributed by atoms with Gasteiger partial charge in [-0.1, -0.05) is 0 Å². The third-order valence-electron chi connectivity index (χ3n) is 3.85. The van der Waals surface area contributed by atoms with Crippen LogP contribution in [0.25, 0.3) is 0 Å². The third kappa shape index (κ3) is 0.836. The molecule has 0 nitrogen and oxygen atoms in total. The zero-order valence-corrected chi connectivity index (χ0v) is 9.20. The van der Waals surface area contributed by atoms with Gasteiger partial charge in [-0.2, -0.15) is 0 Å². The molecular weight excluding hydrogens is 219 g/mol. The van der Waals surface area contributed by atoms with Gasteiger partial charge < -0.3 is 0 Å². The summed E-state index contributed by atoms with van der Waals surface area (Å²) in [5.74, 6) is 3.61. The molecule has 4 bridgehead atoms. The van der Waals surface area contributed by atoms with Crippen molar-refractivity contribution in [2.24, 2.45) is 23.7 Å². The van der Waals surface area contributed by atoms with Crippen molar-refractivity contribution in [3.05, 3.63) is 0 Å². The summed E-state index contributed by atoms with van der Waals surface area (Å²) in [5.41, 5.74) is 0.530. The van der Waals surface area contributed by atoms with Crippen molar-refractivity contribution >= 4 is 39.2 Å². The normalized spacial score (nSPS) is 58.6. The lowest BCUT2D eigenvalue weighted by atomic mass is 10.1. The third-order valence-corrected chi connectivity index (χ3v) is 7.73. The zero-order valence-electron chi connectivity index (χ0n) is 5.93. The first kappa shape index (κ1) is 7.49. The summed E-state index contributed by atoms with van der Waals surface area (Å²) in [6.07, 6.45) is 2.75. The van der Waals surface area contributed by atoms with Crippen LogP contribution in [-0.2, 0) is 0 Å². The molecule has 4 heteroatoms. The summed E-state index contributed by atoms with van der Waals surface area (Å²) >= 11 is 18.2. The molecule has 11 heavy (non-hydrogen) atoms. The summed E-state index contributed by atoms with van der Waals surface area (Å²) in [6.45, 7) is 0. The Bertz CT molecular complexity index is 198. The Labute approximate surface area is 81.3 Å². The van der Waals surface area contributed by atoms with Crippen molar-refractivity contribution < 1.29 is 0 Å². The quantitative estimate of drug-likeness (QED) is 0.476. The molecule has 4 fully saturated rings. The molecule has 4 saturated carbocycles. The summed E-state index contributed by atoms with van der Waals surface area (Å²) in [7, 11) is 0. The fourth-order valence-electron chi connectivity index (χ4n) is 3.56. The standard InChI is InChI=1S/C7H9Cl3Si/c8-11(9,10)7-3-1-4-5(2-3)6(4)7/h3-7H,1-2H2/t3?,4-,5?,6?,7-/m0/s1. The molecule has 0 radical (unpaired) electrons. The fourth-order valence-corrected chi connectivity index (χ4v) is 8.21. The van der Waals surface area contributed by atoms with Gasteiger partial charge in [-0.05, 0) is 36.5 Å². The lowest BCUT2D eigenvalue weighted by Crippen LogP contribution is -2.22. The van der Waals surface area contributed by atoms with Gasteiger partial charge in [0, 0.05) is 5.54 Å².